The van der Waals surface area contributed by atoms with Crippen molar-refractivity contribution in [3.63, 3.8) is 0 Å². The van der Waals surface area contributed by atoms with Crippen LogP contribution in [0.15, 0.2) is 0 Å². The van der Waals surface area contributed by atoms with E-state index in [4.69, 9.17) is 5.11 Å². The van der Waals surface area contributed by atoms with Crippen LogP contribution in [-0.4, -0.2) is 21.3 Å². The standard InChI is InChI=1S/C13H17FO4/c1-3-5-7-8(6-4-2)10(14)12(16)11(15)9(7)13(17)18/h15-16H,3-6H2,1-2H3,(H,17,18). The summed E-state index contributed by atoms with van der Waals surface area (Å²) in [4.78, 5) is 11.1. The third-order valence-corrected chi connectivity index (χ3v) is 2.81. The Morgan fingerprint density at radius 3 is 2.00 bits per heavy atom. The maximum Gasteiger partial charge on any atom is 0.339 e. The fourth-order valence-corrected chi connectivity index (χ4v) is 2.06. The predicted molar refractivity (Wildman–Crippen MR) is 64.7 cm³/mol. The van der Waals surface area contributed by atoms with E-state index in [1.54, 1.807) is 0 Å². The van der Waals surface area contributed by atoms with Crippen LogP contribution in [0.3, 0.4) is 0 Å². The van der Waals surface area contributed by atoms with Crippen molar-refractivity contribution < 1.29 is 24.5 Å². The second kappa shape index (κ2) is 5.71. The summed E-state index contributed by atoms with van der Waals surface area (Å²) in [6.45, 7) is 3.67. The Hall–Kier alpha value is -1.78. The lowest BCUT2D eigenvalue weighted by atomic mass is 9.92. The summed E-state index contributed by atoms with van der Waals surface area (Å²) >= 11 is 0. The number of carboxylic acid groups (broad SMARTS) is 1. The molecule has 5 heteroatoms. The minimum absolute atomic E-state index is 0.187. The highest BCUT2D eigenvalue weighted by Gasteiger charge is 2.26. The molecular formula is C13H17FO4. The molecule has 100 valence electrons. The van der Waals surface area contributed by atoms with Gasteiger partial charge in [0, 0.05) is 0 Å². The highest BCUT2D eigenvalue weighted by Crippen LogP contribution is 2.38. The molecule has 1 aromatic carbocycles. The summed E-state index contributed by atoms with van der Waals surface area (Å²) < 4.78 is 13.9. The summed E-state index contributed by atoms with van der Waals surface area (Å²) in [6.07, 6.45) is 1.93. The van der Waals surface area contributed by atoms with E-state index in [0.29, 0.717) is 25.7 Å². The number of phenolic OH excluding ortho intramolecular Hbond substituents is 1. The number of rotatable bonds is 5. The van der Waals surface area contributed by atoms with Crippen molar-refractivity contribution >= 4 is 5.97 Å². The van der Waals surface area contributed by atoms with Gasteiger partial charge in [-0.25, -0.2) is 9.18 Å². The lowest BCUT2D eigenvalue weighted by Gasteiger charge is -2.15. The highest BCUT2D eigenvalue weighted by molar-refractivity contribution is 5.94. The normalized spacial score (nSPS) is 10.6. The van der Waals surface area contributed by atoms with Gasteiger partial charge < -0.3 is 15.3 Å². The molecule has 1 rings (SSSR count). The van der Waals surface area contributed by atoms with Crippen molar-refractivity contribution in [2.75, 3.05) is 0 Å². The van der Waals surface area contributed by atoms with Crippen LogP contribution in [0.1, 0.15) is 48.2 Å². The molecule has 0 aliphatic carbocycles. The minimum atomic E-state index is -1.36. The van der Waals surface area contributed by atoms with Crippen molar-refractivity contribution in [1.29, 1.82) is 0 Å². The molecule has 0 radical (unpaired) electrons. The van der Waals surface area contributed by atoms with Crippen molar-refractivity contribution in [2.45, 2.75) is 39.5 Å². The first-order valence-corrected chi connectivity index (χ1v) is 5.94. The lowest BCUT2D eigenvalue weighted by molar-refractivity contribution is 0.0691. The van der Waals surface area contributed by atoms with Gasteiger partial charge in [0.2, 0.25) is 0 Å². The third-order valence-electron chi connectivity index (χ3n) is 2.81. The van der Waals surface area contributed by atoms with Crippen molar-refractivity contribution in [1.82, 2.24) is 0 Å². The number of hydrogen-bond donors (Lipinski definition) is 3. The average Bonchev–Trinajstić information content (AvgIpc) is 2.31. The fourth-order valence-electron chi connectivity index (χ4n) is 2.06. The van der Waals surface area contributed by atoms with Crippen LogP contribution in [0.5, 0.6) is 11.5 Å². The van der Waals surface area contributed by atoms with Crippen molar-refractivity contribution in [3.05, 3.63) is 22.5 Å². The van der Waals surface area contributed by atoms with Crippen LogP contribution in [0.2, 0.25) is 0 Å². The molecule has 0 bridgehead atoms. The van der Waals surface area contributed by atoms with E-state index in [1.807, 2.05) is 13.8 Å². The van der Waals surface area contributed by atoms with E-state index in [1.165, 1.54) is 0 Å². The van der Waals surface area contributed by atoms with Gasteiger partial charge in [-0.15, -0.1) is 0 Å². The Morgan fingerprint density at radius 2 is 1.56 bits per heavy atom. The van der Waals surface area contributed by atoms with Gasteiger partial charge >= 0.3 is 5.97 Å². The molecule has 1 aromatic rings. The van der Waals surface area contributed by atoms with E-state index < -0.39 is 23.3 Å². The van der Waals surface area contributed by atoms with Gasteiger partial charge in [0.05, 0.1) is 0 Å². The molecule has 0 saturated heterocycles. The molecule has 0 aromatic heterocycles. The lowest BCUT2D eigenvalue weighted by Crippen LogP contribution is -2.09. The quantitative estimate of drug-likeness (QED) is 0.708. The van der Waals surface area contributed by atoms with Gasteiger partial charge in [-0.3, -0.25) is 0 Å². The minimum Gasteiger partial charge on any atom is -0.504 e. The Balaban J connectivity index is 3.62. The average molecular weight is 256 g/mol. The molecule has 0 saturated carbocycles. The van der Waals surface area contributed by atoms with Crippen LogP contribution < -0.4 is 0 Å². The summed E-state index contributed by atoms with van der Waals surface area (Å²) in [5.41, 5.74) is 0.0749. The zero-order chi connectivity index (χ0) is 13.9. The third kappa shape index (κ3) is 2.39. The zero-order valence-electron chi connectivity index (χ0n) is 10.5. The molecule has 0 aliphatic rings. The molecule has 4 nitrogen and oxygen atoms in total. The van der Waals surface area contributed by atoms with E-state index in [0.717, 1.165) is 0 Å². The summed E-state index contributed by atoms with van der Waals surface area (Å²) in [5.74, 6) is -4.13. The summed E-state index contributed by atoms with van der Waals surface area (Å²) in [6, 6.07) is 0. The SMILES string of the molecule is CCCc1c(F)c(O)c(O)c(C(=O)O)c1CCC. The Morgan fingerprint density at radius 1 is 1.06 bits per heavy atom. The van der Waals surface area contributed by atoms with E-state index >= 15 is 0 Å². The smallest absolute Gasteiger partial charge is 0.339 e. The summed E-state index contributed by atoms with van der Waals surface area (Å²) in [7, 11) is 0. The Kier molecular flexibility index (Phi) is 4.53. The van der Waals surface area contributed by atoms with Crippen LogP contribution in [0.25, 0.3) is 0 Å². The molecule has 0 unspecified atom stereocenters. The molecule has 0 atom stereocenters. The molecule has 3 N–H and O–H groups in total. The number of aromatic hydroxyl groups is 2. The first kappa shape index (κ1) is 14.3. The molecule has 0 fully saturated rings. The molecule has 0 spiro atoms. The van der Waals surface area contributed by atoms with Crippen LogP contribution in [0, 0.1) is 5.82 Å². The molecule has 0 aliphatic heterocycles. The summed E-state index contributed by atoms with van der Waals surface area (Å²) in [5, 5.41) is 28.1. The number of hydrogen-bond acceptors (Lipinski definition) is 3. The van der Waals surface area contributed by atoms with Crippen LogP contribution in [0.4, 0.5) is 4.39 Å². The second-order valence-electron chi connectivity index (χ2n) is 4.15. The van der Waals surface area contributed by atoms with Gasteiger partial charge in [0.15, 0.2) is 17.3 Å². The van der Waals surface area contributed by atoms with Crippen LogP contribution >= 0.6 is 0 Å². The van der Waals surface area contributed by atoms with Gasteiger partial charge in [-0.2, -0.15) is 0 Å². The van der Waals surface area contributed by atoms with E-state index in [-0.39, 0.29) is 16.7 Å². The fraction of sp³-hybridized carbons (Fsp3) is 0.462. The Labute approximate surface area is 105 Å². The first-order valence-electron chi connectivity index (χ1n) is 5.94. The zero-order valence-corrected chi connectivity index (χ0v) is 10.5. The number of phenols is 2. The number of carboxylic acids is 1. The largest absolute Gasteiger partial charge is 0.504 e. The second-order valence-corrected chi connectivity index (χ2v) is 4.15. The predicted octanol–water partition coefficient (Wildman–Crippen LogP) is 2.84. The number of benzene rings is 1. The van der Waals surface area contributed by atoms with Crippen molar-refractivity contribution in [3.8, 4) is 11.5 Å². The number of carbonyl (C=O) groups is 1. The molecule has 0 amide bonds. The van der Waals surface area contributed by atoms with Gasteiger partial charge in [-0.1, -0.05) is 26.7 Å². The van der Waals surface area contributed by atoms with Crippen molar-refractivity contribution in [2.24, 2.45) is 0 Å². The first-order chi connectivity index (χ1) is 8.45. The topological polar surface area (TPSA) is 77.8 Å². The Bertz CT molecular complexity index is 469. The highest BCUT2D eigenvalue weighted by atomic mass is 19.1. The number of halogens is 1. The molecular weight excluding hydrogens is 239 g/mol. The monoisotopic (exact) mass is 256 g/mol. The van der Waals surface area contributed by atoms with E-state index in [2.05, 4.69) is 0 Å². The van der Waals surface area contributed by atoms with Gasteiger partial charge in [0.1, 0.15) is 5.56 Å². The van der Waals surface area contributed by atoms with Crippen LogP contribution in [-0.2, 0) is 12.8 Å². The van der Waals surface area contributed by atoms with Gasteiger partial charge in [0.25, 0.3) is 0 Å². The number of aromatic carboxylic acids is 1. The molecule has 18 heavy (non-hydrogen) atoms. The maximum absolute atomic E-state index is 13.9. The molecule has 0 heterocycles. The van der Waals surface area contributed by atoms with Gasteiger partial charge in [-0.05, 0) is 24.0 Å². The maximum atomic E-state index is 13.9. The van der Waals surface area contributed by atoms with E-state index in [9.17, 15) is 19.4 Å².